The topological polar surface area (TPSA) is 35.2 Å². The molecule has 0 bridgehead atoms. The predicted octanol–water partition coefficient (Wildman–Crippen LogP) is 4.08. The van der Waals surface area contributed by atoms with Gasteiger partial charge in [-0.3, -0.25) is 0 Å². The molecule has 2 rings (SSSR count). The average molecular weight is 294 g/mol. The lowest BCUT2D eigenvalue weighted by atomic mass is 10.0. The summed E-state index contributed by atoms with van der Waals surface area (Å²) < 4.78 is 19.6. The molecule has 4 heteroatoms. The first-order chi connectivity index (χ1) is 9.58. The highest BCUT2D eigenvalue weighted by atomic mass is 35.5. The number of hydrogen-bond acceptors (Lipinski definition) is 2. The van der Waals surface area contributed by atoms with Crippen LogP contribution in [0.3, 0.4) is 0 Å². The van der Waals surface area contributed by atoms with E-state index in [4.69, 9.17) is 22.1 Å². The van der Waals surface area contributed by atoms with Crippen LogP contribution in [0.5, 0.6) is 0 Å². The summed E-state index contributed by atoms with van der Waals surface area (Å²) in [5, 5.41) is 0.648. The zero-order valence-electron chi connectivity index (χ0n) is 11.2. The van der Waals surface area contributed by atoms with E-state index in [2.05, 4.69) is 0 Å². The van der Waals surface area contributed by atoms with E-state index in [-0.39, 0.29) is 11.9 Å². The molecule has 106 valence electrons. The summed E-state index contributed by atoms with van der Waals surface area (Å²) in [4.78, 5) is 0. The lowest BCUT2D eigenvalue weighted by Gasteiger charge is -2.22. The van der Waals surface area contributed by atoms with Gasteiger partial charge in [-0.25, -0.2) is 4.39 Å². The maximum absolute atomic E-state index is 13.8. The molecule has 0 heterocycles. The molecule has 0 amide bonds. The second-order valence-electron chi connectivity index (χ2n) is 4.74. The molecule has 0 aliphatic heterocycles. The minimum absolute atomic E-state index is 0.305. The molecular weight excluding hydrogens is 277 g/mol. The van der Waals surface area contributed by atoms with Gasteiger partial charge in [-0.05, 0) is 30.7 Å². The van der Waals surface area contributed by atoms with Crippen molar-refractivity contribution in [1.82, 2.24) is 0 Å². The van der Waals surface area contributed by atoms with Gasteiger partial charge in [0.2, 0.25) is 0 Å². The van der Waals surface area contributed by atoms with Gasteiger partial charge in [0.1, 0.15) is 11.9 Å². The van der Waals surface area contributed by atoms with Gasteiger partial charge in [0, 0.05) is 16.6 Å². The lowest BCUT2D eigenvalue weighted by Crippen LogP contribution is -2.27. The largest absolute Gasteiger partial charge is 0.367 e. The van der Waals surface area contributed by atoms with Crippen LogP contribution in [0.4, 0.5) is 4.39 Å². The quantitative estimate of drug-likeness (QED) is 0.901. The van der Waals surface area contributed by atoms with E-state index in [0.29, 0.717) is 17.2 Å². The molecule has 2 unspecified atom stereocenters. The molecule has 0 saturated carbocycles. The van der Waals surface area contributed by atoms with Crippen LogP contribution in [0.1, 0.15) is 24.2 Å². The van der Waals surface area contributed by atoms with E-state index in [1.54, 1.807) is 31.2 Å². The van der Waals surface area contributed by atoms with Crippen molar-refractivity contribution in [2.45, 2.75) is 25.7 Å². The maximum atomic E-state index is 13.8. The van der Waals surface area contributed by atoms with Crippen LogP contribution < -0.4 is 5.73 Å². The molecule has 0 aliphatic rings. The summed E-state index contributed by atoms with van der Waals surface area (Å²) in [7, 11) is 0. The molecule has 2 aromatic carbocycles. The van der Waals surface area contributed by atoms with Crippen LogP contribution in [-0.2, 0) is 11.3 Å². The third kappa shape index (κ3) is 3.79. The molecule has 0 fully saturated rings. The molecule has 2 atom stereocenters. The first-order valence-corrected chi connectivity index (χ1v) is 6.82. The molecule has 0 saturated heterocycles. The zero-order chi connectivity index (χ0) is 14.5. The maximum Gasteiger partial charge on any atom is 0.129 e. The van der Waals surface area contributed by atoms with Crippen LogP contribution in [0.25, 0.3) is 0 Å². The molecule has 0 aromatic heterocycles. The first-order valence-electron chi connectivity index (χ1n) is 6.44. The van der Waals surface area contributed by atoms with Crippen molar-refractivity contribution in [2.24, 2.45) is 5.73 Å². The van der Waals surface area contributed by atoms with Gasteiger partial charge in [-0.1, -0.05) is 41.9 Å². The van der Waals surface area contributed by atoms with Gasteiger partial charge in [0.15, 0.2) is 0 Å². The SMILES string of the molecule is CC(N)C(OCc1cccc(Cl)c1)c1ccccc1F. The Morgan fingerprint density at radius 3 is 2.60 bits per heavy atom. The van der Waals surface area contributed by atoms with Crippen molar-refractivity contribution in [3.8, 4) is 0 Å². The Kier molecular flexibility index (Phi) is 5.12. The standard InChI is InChI=1S/C16H17ClFNO/c1-11(19)16(14-7-2-3-8-15(14)18)20-10-12-5-4-6-13(17)9-12/h2-9,11,16H,10,19H2,1H3. The van der Waals surface area contributed by atoms with E-state index in [1.807, 2.05) is 18.2 Å². The Morgan fingerprint density at radius 2 is 1.95 bits per heavy atom. The summed E-state index contributed by atoms with van der Waals surface area (Å²) in [5.74, 6) is -0.305. The fourth-order valence-corrected chi connectivity index (χ4v) is 2.26. The molecule has 2 nitrogen and oxygen atoms in total. The van der Waals surface area contributed by atoms with Crippen LogP contribution in [0, 0.1) is 5.82 Å². The van der Waals surface area contributed by atoms with Gasteiger partial charge >= 0.3 is 0 Å². The molecule has 0 spiro atoms. The minimum Gasteiger partial charge on any atom is -0.367 e. The normalized spacial score (nSPS) is 14.0. The molecule has 2 aromatic rings. The van der Waals surface area contributed by atoms with E-state index < -0.39 is 6.10 Å². The third-order valence-corrected chi connectivity index (χ3v) is 3.24. The van der Waals surface area contributed by atoms with Gasteiger partial charge < -0.3 is 10.5 Å². The van der Waals surface area contributed by atoms with E-state index in [1.165, 1.54) is 6.07 Å². The molecule has 20 heavy (non-hydrogen) atoms. The zero-order valence-corrected chi connectivity index (χ0v) is 12.0. The van der Waals surface area contributed by atoms with E-state index in [0.717, 1.165) is 5.56 Å². The van der Waals surface area contributed by atoms with Crippen molar-refractivity contribution in [3.63, 3.8) is 0 Å². The second-order valence-corrected chi connectivity index (χ2v) is 5.18. The van der Waals surface area contributed by atoms with Crippen molar-refractivity contribution in [3.05, 3.63) is 70.5 Å². The third-order valence-electron chi connectivity index (χ3n) is 3.01. The molecule has 0 radical (unpaired) electrons. The summed E-state index contributed by atoms with van der Waals surface area (Å²) in [6.45, 7) is 2.14. The van der Waals surface area contributed by atoms with Crippen LogP contribution in [-0.4, -0.2) is 6.04 Å². The van der Waals surface area contributed by atoms with Crippen molar-refractivity contribution in [1.29, 1.82) is 0 Å². The lowest BCUT2D eigenvalue weighted by molar-refractivity contribution is 0.0236. The number of hydrogen-bond donors (Lipinski definition) is 1. The van der Waals surface area contributed by atoms with Gasteiger partial charge in [-0.15, -0.1) is 0 Å². The Labute approximate surface area is 123 Å². The summed E-state index contributed by atoms with van der Waals surface area (Å²) in [6, 6.07) is 13.6. The van der Waals surface area contributed by atoms with E-state index >= 15 is 0 Å². The van der Waals surface area contributed by atoms with Crippen LogP contribution in [0.2, 0.25) is 5.02 Å². The van der Waals surface area contributed by atoms with Gasteiger partial charge in [-0.2, -0.15) is 0 Å². The predicted molar refractivity (Wildman–Crippen MR) is 79.0 cm³/mol. The van der Waals surface area contributed by atoms with Crippen LogP contribution >= 0.6 is 11.6 Å². The monoisotopic (exact) mass is 293 g/mol. The smallest absolute Gasteiger partial charge is 0.129 e. The van der Waals surface area contributed by atoms with Crippen molar-refractivity contribution < 1.29 is 9.13 Å². The first kappa shape index (κ1) is 15.0. The highest BCUT2D eigenvalue weighted by molar-refractivity contribution is 6.30. The minimum atomic E-state index is -0.491. The highest BCUT2D eigenvalue weighted by Gasteiger charge is 2.20. The molecule has 2 N–H and O–H groups in total. The second kappa shape index (κ2) is 6.84. The summed E-state index contributed by atoms with van der Waals surface area (Å²) in [6.07, 6.45) is -0.491. The Bertz CT molecular complexity index is 574. The van der Waals surface area contributed by atoms with E-state index in [9.17, 15) is 4.39 Å². The number of ether oxygens (including phenoxy) is 1. The molecule has 0 aliphatic carbocycles. The van der Waals surface area contributed by atoms with Gasteiger partial charge in [0.05, 0.1) is 6.61 Å². The fraction of sp³-hybridized carbons (Fsp3) is 0.250. The Morgan fingerprint density at radius 1 is 1.20 bits per heavy atom. The van der Waals surface area contributed by atoms with Gasteiger partial charge in [0.25, 0.3) is 0 Å². The number of rotatable bonds is 5. The molecular formula is C16H17ClFNO. The number of halogens is 2. The van der Waals surface area contributed by atoms with Crippen LogP contribution in [0.15, 0.2) is 48.5 Å². The average Bonchev–Trinajstić information content (AvgIpc) is 2.40. The van der Waals surface area contributed by atoms with Crippen molar-refractivity contribution >= 4 is 11.6 Å². The Balaban J connectivity index is 2.13. The Hall–Kier alpha value is -1.42. The highest BCUT2D eigenvalue weighted by Crippen LogP contribution is 2.24. The summed E-state index contributed by atoms with van der Waals surface area (Å²) >= 11 is 5.92. The summed E-state index contributed by atoms with van der Waals surface area (Å²) in [5.41, 5.74) is 7.32. The fourth-order valence-electron chi connectivity index (χ4n) is 2.04. The van der Waals surface area contributed by atoms with Crippen molar-refractivity contribution in [2.75, 3.05) is 0 Å². The number of nitrogens with two attached hydrogens (primary N) is 1. The number of benzene rings is 2.